The van der Waals surface area contributed by atoms with Crippen LogP contribution in [-0.4, -0.2) is 36.6 Å². The first-order valence-electron chi connectivity index (χ1n) is 5.65. The van der Waals surface area contributed by atoms with E-state index in [1.54, 1.807) is 4.90 Å². The van der Waals surface area contributed by atoms with Gasteiger partial charge in [0.1, 0.15) is 6.10 Å². The molecule has 0 bridgehead atoms. The maximum Gasteiger partial charge on any atom is 0.252 e. The zero-order valence-corrected chi connectivity index (χ0v) is 8.95. The molecule has 15 heavy (non-hydrogen) atoms. The van der Waals surface area contributed by atoms with Crippen molar-refractivity contribution in [3.63, 3.8) is 0 Å². The molecule has 82 valence electrons. The molecular weight excluding hydrogens is 190 g/mol. The number of terminal acetylenes is 1. The molecule has 0 aromatic carbocycles. The van der Waals surface area contributed by atoms with Gasteiger partial charge in [-0.15, -0.1) is 6.42 Å². The molecule has 2 fully saturated rings. The quantitative estimate of drug-likeness (QED) is 0.645. The van der Waals surface area contributed by atoms with Crippen molar-refractivity contribution in [1.29, 1.82) is 0 Å². The number of rotatable bonds is 4. The third-order valence-corrected chi connectivity index (χ3v) is 2.97. The van der Waals surface area contributed by atoms with Crippen LogP contribution in [0.5, 0.6) is 0 Å². The fraction of sp³-hybridized carbons (Fsp3) is 0.750. The first kappa shape index (κ1) is 10.5. The Kier molecular flexibility index (Phi) is 3.27. The van der Waals surface area contributed by atoms with Crippen LogP contribution in [0.15, 0.2) is 0 Å². The lowest BCUT2D eigenvalue weighted by atomic mass is 10.2. The summed E-state index contributed by atoms with van der Waals surface area (Å²) in [5, 5.41) is 0. The summed E-state index contributed by atoms with van der Waals surface area (Å²) in [4.78, 5) is 13.8. The first-order valence-corrected chi connectivity index (χ1v) is 5.65. The Morgan fingerprint density at radius 3 is 2.80 bits per heavy atom. The summed E-state index contributed by atoms with van der Waals surface area (Å²) in [6.07, 6.45) is 9.37. The Labute approximate surface area is 90.8 Å². The third-order valence-electron chi connectivity index (χ3n) is 2.97. The molecule has 2 rings (SSSR count). The van der Waals surface area contributed by atoms with Crippen molar-refractivity contribution >= 4 is 5.91 Å². The van der Waals surface area contributed by atoms with E-state index in [0.717, 1.165) is 19.4 Å². The lowest BCUT2D eigenvalue weighted by molar-refractivity contribution is -0.140. The zero-order valence-electron chi connectivity index (χ0n) is 8.95. The van der Waals surface area contributed by atoms with Gasteiger partial charge in [0.05, 0.1) is 6.54 Å². The Morgan fingerprint density at radius 1 is 1.47 bits per heavy atom. The van der Waals surface area contributed by atoms with Gasteiger partial charge in [-0.2, -0.15) is 0 Å². The fourth-order valence-electron chi connectivity index (χ4n) is 1.93. The minimum Gasteiger partial charge on any atom is -0.368 e. The van der Waals surface area contributed by atoms with Crippen LogP contribution in [-0.2, 0) is 9.53 Å². The molecule has 0 radical (unpaired) electrons. The first-order chi connectivity index (χ1) is 7.31. The van der Waals surface area contributed by atoms with E-state index in [2.05, 4.69) is 5.92 Å². The molecule has 0 aromatic rings. The van der Waals surface area contributed by atoms with Gasteiger partial charge in [-0.25, -0.2) is 0 Å². The molecule has 1 atom stereocenters. The molecule has 0 N–H and O–H groups in total. The van der Waals surface area contributed by atoms with Crippen LogP contribution in [0.1, 0.15) is 25.7 Å². The molecule has 1 aliphatic heterocycles. The van der Waals surface area contributed by atoms with Crippen LogP contribution >= 0.6 is 0 Å². The van der Waals surface area contributed by atoms with Crippen molar-refractivity contribution in [1.82, 2.24) is 4.90 Å². The molecule has 1 saturated carbocycles. The van der Waals surface area contributed by atoms with Crippen LogP contribution in [0.4, 0.5) is 0 Å². The summed E-state index contributed by atoms with van der Waals surface area (Å²) in [5.74, 6) is 3.33. The highest BCUT2D eigenvalue weighted by atomic mass is 16.5. The Bertz CT molecular complexity index is 272. The summed E-state index contributed by atoms with van der Waals surface area (Å²) in [7, 11) is 0. The van der Waals surface area contributed by atoms with Gasteiger partial charge in [0.15, 0.2) is 0 Å². The van der Waals surface area contributed by atoms with E-state index in [1.807, 2.05) is 0 Å². The predicted octanol–water partition coefficient (Wildman–Crippen LogP) is 1.04. The van der Waals surface area contributed by atoms with Gasteiger partial charge in [-0.1, -0.05) is 5.92 Å². The van der Waals surface area contributed by atoms with E-state index in [4.69, 9.17) is 11.2 Å². The summed E-state index contributed by atoms with van der Waals surface area (Å²) in [6, 6.07) is 0. The van der Waals surface area contributed by atoms with E-state index < -0.39 is 0 Å². The monoisotopic (exact) mass is 207 g/mol. The van der Waals surface area contributed by atoms with Crippen LogP contribution < -0.4 is 0 Å². The SMILES string of the molecule is C#CCN(CC1CC1)C(=O)C1CCCO1. The molecule has 1 saturated heterocycles. The summed E-state index contributed by atoms with van der Waals surface area (Å²) in [5.41, 5.74) is 0. The molecule has 0 aromatic heterocycles. The van der Waals surface area contributed by atoms with Crippen molar-refractivity contribution in [2.75, 3.05) is 19.7 Å². The maximum absolute atomic E-state index is 12.0. The minimum absolute atomic E-state index is 0.0948. The highest BCUT2D eigenvalue weighted by molar-refractivity contribution is 5.81. The molecule has 0 spiro atoms. The van der Waals surface area contributed by atoms with E-state index in [-0.39, 0.29) is 12.0 Å². The Morgan fingerprint density at radius 2 is 2.27 bits per heavy atom. The number of nitrogens with zero attached hydrogens (tertiary/aromatic N) is 1. The van der Waals surface area contributed by atoms with Gasteiger partial charge < -0.3 is 9.64 Å². The van der Waals surface area contributed by atoms with Crippen molar-refractivity contribution in [3.8, 4) is 12.3 Å². The molecule has 1 amide bonds. The van der Waals surface area contributed by atoms with Gasteiger partial charge >= 0.3 is 0 Å². The third kappa shape index (κ3) is 2.73. The van der Waals surface area contributed by atoms with Crippen LogP contribution in [0.25, 0.3) is 0 Å². The number of hydrogen-bond donors (Lipinski definition) is 0. The highest BCUT2D eigenvalue weighted by Gasteiger charge is 2.31. The summed E-state index contributed by atoms with van der Waals surface area (Å²) >= 11 is 0. The van der Waals surface area contributed by atoms with Gasteiger partial charge in [-0.05, 0) is 31.6 Å². The van der Waals surface area contributed by atoms with E-state index in [0.29, 0.717) is 19.1 Å². The number of carbonyl (C=O) groups is 1. The molecule has 3 heteroatoms. The smallest absolute Gasteiger partial charge is 0.252 e. The van der Waals surface area contributed by atoms with Gasteiger partial charge in [0, 0.05) is 13.2 Å². The second-order valence-electron chi connectivity index (χ2n) is 4.37. The van der Waals surface area contributed by atoms with Crippen LogP contribution in [0.3, 0.4) is 0 Å². The van der Waals surface area contributed by atoms with E-state index >= 15 is 0 Å². The lowest BCUT2D eigenvalue weighted by Gasteiger charge is -2.23. The van der Waals surface area contributed by atoms with Crippen molar-refractivity contribution < 1.29 is 9.53 Å². The maximum atomic E-state index is 12.0. The molecule has 2 aliphatic rings. The van der Waals surface area contributed by atoms with Crippen molar-refractivity contribution in [3.05, 3.63) is 0 Å². The molecule has 1 aliphatic carbocycles. The second-order valence-corrected chi connectivity index (χ2v) is 4.37. The summed E-state index contributed by atoms with van der Waals surface area (Å²) in [6.45, 7) is 1.96. The molecule has 1 heterocycles. The van der Waals surface area contributed by atoms with E-state index in [1.165, 1.54) is 12.8 Å². The lowest BCUT2D eigenvalue weighted by Crippen LogP contribution is -2.40. The number of hydrogen-bond acceptors (Lipinski definition) is 2. The average Bonchev–Trinajstić information content (AvgIpc) is 2.88. The minimum atomic E-state index is -0.225. The molecular formula is C12H17NO2. The molecule has 1 unspecified atom stereocenters. The van der Waals surface area contributed by atoms with Crippen molar-refractivity contribution in [2.24, 2.45) is 5.92 Å². The normalized spacial score (nSPS) is 24.9. The zero-order chi connectivity index (χ0) is 10.7. The number of ether oxygens (including phenoxy) is 1. The van der Waals surface area contributed by atoms with Gasteiger partial charge in [0.2, 0.25) is 0 Å². The van der Waals surface area contributed by atoms with E-state index in [9.17, 15) is 4.79 Å². The molecule has 3 nitrogen and oxygen atoms in total. The summed E-state index contributed by atoms with van der Waals surface area (Å²) < 4.78 is 5.38. The van der Waals surface area contributed by atoms with Crippen molar-refractivity contribution in [2.45, 2.75) is 31.8 Å². The number of carbonyl (C=O) groups excluding carboxylic acids is 1. The van der Waals surface area contributed by atoms with Crippen LogP contribution in [0.2, 0.25) is 0 Å². The van der Waals surface area contributed by atoms with Gasteiger partial charge in [0.25, 0.3) is 5.91 Å². The largest absolute Gasteiger partial charge is 0.368 e. The average molecular weight is 207 g/mol. The second kappa shape index (κ2) is 4.67. The fourth-order valence-corrected chi connectivity index (χ4v) is 1.93. The Hall–Kier alpha value is -1.01. The Balaban J connectivity index is 1.89. The standard InChI is InChI=1S/C12H17NO2/c1-2-7-13(9-10-5-6-10)12(14)11-4-3-8-15-11/h1,10-11H,3-9H2. The highest BCUT2D eigenvalue weighted by Crippen LogP contribution is 2.30. The van der Waals surface area contributed by atoms with Gasteiger partial charge in [-0.3, -0.25) is 4.79 Å². The number of amides is 1. The van der Waals surface area contributed by atoms with Crippen LogP contribution in [0, 0.1) is 18.3 Å². The predicted molar refractivity (Wildman–Crippen MR) is 57.1 cm³/mol. The topological polar surface area (TPSA) is 29.5 Å².